The van der Waals surface area contributed by atoms with E-state index >= 15 is 0 Å². The van der Waals surface area contributed by atoms with E-state index in [1.807, 2.05) is 59.5 Å². The number of hydrogen-bond acceptors (Lipinski definition) is 3. The molecule has 4 rings (SSSR count). The molecule has 0 bridgehead atoms. The summed E-state index contributed by atoms with van der Waals surface area (Å²) in [6.45, 7) is 4.72. The molecule has 0 spiro atoms. The lowest BCUT2D eigenvalue weighted by Crippen LogP contribution is -2.57. The van der Waals surface area contributed by atoms with Crippen LogP contribution in [0.2, 0.25) is 0 Å². The molecule has 0 radical (unpaired) electrons. The third-order valence-electron chi connectivity index (χ3n) is 6.48. The molecule has 182 valence electrons. The monoisotopic (exact) mass is 473 g/mol. The molecule has 5 nitrogen and oxygen atoms in total. The van der Waals surface area contributed by atoms with E-state index in [9.17, 15) is 14.0 Å². The molecule has 0 aliphatic carbocycles. The Morgan fingerprint density at radius 2 is 1.77 bits per heavy atom. The van der Waals surface area contributed by atoms with Gasteiger partial charge in [0.15, 0.2) is 0 Å². The number of aromatic nitrogens is 1. The predicted molar refractivity (Wildman–Crippen MR) is 134 cm³/mol. The van der Waals surface area contributed by atoms with Crippen LogP contribution in [0.15, 0.2) is 72.8 Å². The van der Waals surface area contributed by atoms with E-state index in [1.165, 1.54) is 6.07 Å². The van der Waals surface area contributed by atoms with E-state index in [1.54, 1.807) is 26.0 Å². The van der Waals surface area contributed by atoms with Gasteiger partial charge in [0.05, 0.1) is 6.42 Å². The van der Waals surface area contributed by atoms with Crippen LogP contribution in [-0.2, 0) is 22.4 Å². The lowest BCUT2D eigenvalue weighted by molar-refractivity contribution is -0.141. The lowest BCUT2D eigenvalue weighted by atomic mass is 9.92. The zero-order valence-corrected chi connectivity index (χ0v) is 20.3. The van der Waals surface area contributed by atoms with Crippen LogP contribution < -0.4 is 5.32 Å². The van der Waals surface area contributed by atoms with Crippen molar-refractivity contribution in [2.45, 2.75) is 51.0 Å². The fourth-order valence-corrected chi connectivity index (χ4v) is 4.69. The summed E-state index contributed by atoms with van der Waals surface area (Å²) < 4.78 is 14.1. The van der Waals surface area contributed by atoms with Gasteiger partial charge in [0, 0.05) is 36.8 Å². The Balaban J connectivity index is 1.40. The van der Waals surface area contributed by atoms with Gasteiger partial charge in [-0.15, -0.1) is 0 Å². The topological polar surface area (TPSA) is 62.3 Å². The molecule has 1 N–H and O–H groups in total. The Bertz CT molecular complexity index is 1180. The smallest absolute Gasteiger partial charge is 0.247 e. The number of hydrogen-bond donors (Lipinski definition) is 1. The quantitative estimate of drug-likeness (QED) is 0.543. The number of rotatable bonds is 7. The first-order chi connectivity index (χ1) is 16.8. The third kappa shape index (κ3) is 6.32. The van der Waals surface area contributed by atoms with E-state index in [-0.39, 0.29) is 30.0 Å². The van der Waals surface area contributed by atoms with Gasteiger partial charge < -0.3 is 10.2 Å². The summed E-state index contributed by atoms with van der Waals surface area (Å²) in [7, 11) is 0. The summed E-state index contributed by atoms with van der Waals surface area (Å²) in [5.74, 6) is -0.397. The maximum Gasteiger partial charge on any atom is 0.247 e. The minimum absolute atomic E-state index is 0.0916. The van der Waals surface area contributed by atoms with Crippen LogP contribution in [0.25, 0.3) is 0 Å². The molecule has 0 saturated carbocycles. The van der Waals surface area contributed by atoms with Crippen LogP contribution in [0, 0.1) is 5.82 Å². The van der Waals surface area contributed by atoms with E-state index in [2.05, 4.69) is 5.32 Å². The first-order valence-corrected chi connectivity index (χ1v) is 12.2. The lowest BCUT2D eigenvalue weighted by Gasteiger charge is -2.38. The Labute approximate surface area is 206 Å². The number of benzene rings is 2. The van der Waals surface area contributed by atoms with Gasteiger partial charge in [0.1, 0.15) is 11.4 Å². The molecule has 1 aliphatic heterocycles. The zero-order chi connectivity index (χ0) is 24.8. The second kappa shape index (κ2) is 10.8. The molecule has 1 aromatic heterocycles. The first kappa shape index (κ1) is 24.6. The van der Waals surface area contributed by atoms with Crippen molar-refractivity contribution in [1.29, 1.82) is 0 Å². The maximum absolute atomic E-state index is 14.1. The van der Waals surface area contributed by atoms with E-state index in [0.29, 0.717) is 25.1 Å². The van der Waals surface area contributed by atoms with Gasteiger partial charge >= 0.3 is 0 Å². The van der Waals surface area contributed by atoms with Crippen molar-refractivity contribution in [3.8, 4) is 0 Å². The summed E-state index contributed by atoms with van der Waals surface area (Å²) in [4.78, 5) is 32.6. The van der Waals surface area contributed by atoms with Crippen molar-refractivity contribution in [3.05, 3.63) is 101 Å². The number of nitrogens with zero attached hydrogens (tertiary/aromatic N) is 2. The van der Waals surface area contributed by atoms with Gasteiger partial charge in [-0.05, 0) is 56.0 Å². The molecule has 1 atom stereocenters. The van der Waals surface area contributed by atoms with Gasteiger partial charge in [-0.2, -0.15) is 0 Å². The van der Waals surface area contributed by atoms with Crippen molar-refractivity contribution in [1.82, 2.24) is 15.2 Å². The number of pyridine rings is 1. The zero-order valence-electron chi connectivity index (χ0n) is 20.3. The Kier molecular flexibility index (Phi) is 7.59. The van der Waals surface area contributed by atoms with Gasteiger partial charge in [-0.1, -0.05) is 54.6 Å². The fourth-order valence-electron chi connectivity index (χ4n) is 4.69. The van der Waals surface area contributed by atoms with E-state index in [0.717, 1.165) is 29.8 Å². The molecule has 2 amide bonds. The van der Waals surface area contributed by atoms with Crippen LogP contribution in [0.4, 0.5) is 4.39 Å². The minimum Gasteiger partial charge on any atom is -0.342 e. The minimum atomic E-state index is -1.01. The Morgan fingerprint density at radius 1 is 1.03 bits per heavy atom. The van der Waals surface area contributed by atoms with Crippen LogP contribution in [0.3, 0.4) is 0 Å². The first-order valence-electron chi connectivity index (χ1n) is 12.2. The fraction of sp³-hybridized carbons (Fsp3) is 0.345. The van der Waals surface area contributed by atoms with Gasteiger partial charge in [-0.3, -0.25) is 14.6 Å². The predicted octanol–water partition coefficient (Wildman–Crippen LogP) is 4.66. The molecule has 3 aromatic rings. The number of carbonyl (C=O) groups excluding carboxylic acids is 2. The van der Waals surface area contributed by atoms with Crippen LogP contribution in [0.5, 0.6) is 0 Å². The van der Waals surface area contributed by atoms with Crippen molar-refractivity contribution < 1.29 is 14.0 Å². The number of nitrogens with one attached hydrogen (secondary N) is 1. The number of likely N-dealkylation sites (tertiary alicyclic amines) is 1. The van der Waals surface area contributed by atoms with Gasteiger partial charge in [0.2, 0.25) is 11.8 Å². The molecule has 1 saturated heterocycles. The number of carbonyl (C=O) groups is 2. The van der Waals surface area contributed by atoms with Crippen molar-refractivity contribution in [2.75, 3.05) is 13.1 Å². The number of amides is 2. The summed E-state index contributed by atoms with van der Waals surface area (Å²) in [5.41, 5.74) is 2.25. The molecule has 35 heavy (non-hydrogen) atoms. The number of halogens is 1. The average Bonchev–Trinajstić information content (AvgIpc) is 2.85. The second-order valence-corrected chi connectivity index (χ2v) is 9.75. The molecule has 0 unspecified atom stereocenters. The Hall–Kier alpha value is -3.54. The van der Waals surface area contributed by atoms with E-state index in [4.69, 9.17) is 4.98 Å². The van der Waals surface area contributed by atoms with Gasteiger partial charge in [0.25, 0.3) is 0 Å². The SMILES string of the molecule is CC(C)(NC(=O)Cc1ccccc1)C(=O)N1CCC[C@@H](c2cccc(Cc3ccccc3F)n2)C1. The van der Waals surface area contributed by atoms with Crippen LogP contribution in [-0.4, -0.2) is 40.3 Å². The van der Waals surface area contributed by atoms with Crippen LogP contribution in [0.1, 0.15) is 55.1 Å². The highest BCUT2D eigenvalue weighted by atomic mass is 19.1. The summed E-state index contributed by atoms with van der Waals surface area (Å²) in [6, 6.07) is 22.1. The van der Waals surface area contributed by atoms with Crippen LogP contribution >= 0.6 is 0 Å². The number of piperidine rings is 1. The van der Waals surface area contributed by atoms with Gasteiger partial charge in [-0.25, -0.2) is 4.39 Å². The molecule has 2 aromatic carbocycles. The summed E-state index contributed by atoms with van der Waals surface area (Å²) >= 11 is 0. The second-order valence-electron chi connectivity index (χ2n) is 9.75. The highest BCUT2D eigenvalue weighted by Crippen LogP contribution is 2.27. The third-order valence-corrected chi connectivity index (χ3v) is 6.48. The molecule has 2 heterocycles. The molecule has 6 heteroatoms. The summed E-state index contributed by atoms with van der Waals surface area (Å²) in [6.07, 6.45) is 2.46. The van der Waals surface area contributed by atoms with Crippen molar-refractivity contribution in [3.63, 3.8) is 0 Å². The van der Waals surface area contributed by atoms with E-state index < -0.39 is 5.54 Å². The molecule has 1 fully saturated rings. The summed E-state index contributed by atoms with van der Waals surface area (Å²) in [5, 5.41) is 2.92. The highest BCUT2D eigenvalue weighted by molar-refractivity contribution is 5.91. The Morgan fingerprint density at radius 3 is 2.54 bits per heavy atom. The standard InChI is InChI=1S/C29H32FN3O2/c1-29(2,32-27(34)18-21-10-4-3-5-11-21)28(35)33-17-9-13-23(20-33)26-16-8-14-24(31-26)19-22-12-6-7-15-25(22)30/h3-8,10-12,14-16,23H,9,13,17-20H2,1-2H3,(H,32,34)/t23-/m1/s1. The largest absolute Gasteiger partial charge is 0.342 e. The molecular formula is C29H32FN3O2. The normalized spacial score (nSPS) is 16.1. The van der Waals surface area contributed by atoms with Crippen molar-refractivity contribution >= 4 is 11.8 Å². The van der Waals surface area contributed by atoms with Crippen molar-refractivity contribution in [2.24, 2.45) is 0 Å². The molecular weight excluding hydrogens is 441 g/mol. The maximum atomic E-state index is 14.1. The average molecular weight is 474 g/mol. The molecule has 1 aliphatic rings. The highest BCUT2D eigenvalue weighted by Gasteiger charge is 2.36.